The average molecular weight is 461 g/mol. The zero-order valence-electron chi connectivity index (χ0n) is 18.2. The molecule has 1 atom stereocenters. The van der Waals surface area contributed by atoms with Crippen LogP contribution in [-0.2, 0) is 17.6 Å². The minimum absolute atomic E-state index is 0.139. The third-order valence-electron chi connectivity index (χ3n) is 5.74. The van der Waals surface area contributed by atoms with Crippen molar-refractivity contribution in [1.29, 1.82) is 0 Å². The minimum Gasteiger partial charge on any atom is -0.493 e. The van der Waals surface area contributed by atoms with Gasteiger partial charge in [0.1, 0.15) is 35.2 Å². The van der Waals surface area contributed by atoms with Gasteiger partial charge in [-0.2, -0.15) is 11.3 Å². The van der Waals surface area contributed by atoms with Crippen LogP contribution in [0.3, 0.4) is 0 Å². The fourth-order valence-corrected chi connectivity index (χ4v) is 4.73. The Bertz CT molecular complexity index is 1250. The highest BCUT2D eigenvalue weighted by Gasteiger charge is 2.25. The summed E-state index contributed by atoms with van der Waals surface area (Å²) >= 11 is 1.67. The maximum absolute atomic E-state index is 10.9. The molecule has 2 N–H and O–H groups in total. The molecule has 7 nitrogen and oxygen atoms in total. The quantitative estimate of drug-likeness (QED) is 0.351. The van der Waals surface area contributed by atoms with E-state index in [1.54, 1.807) is 17.5 Å². The van der Waals surface area contributed by atoms with E-state index >= 15 is 0 Å². The molecule has 4 aromatic rings. The van der Waals surface area contributed by atoms with Crippen LogP contribution in [0.1, 0.15) is 29.3 Å². The van der Waals surface area contributed by atoms with Gasteiger partial charge in [0.15, 0.2) is 0 Å². The lowest BCUT2D eigenvalue weighted by atomic mass is 9.96. The van der Waals surface area contributed by atoms with Gasteiger partial charge in [-0.05, 0) is 54.1 Å². The lowest BCUT2D eigenvalue weighted by Gasteiger charge is -2.24. The summed E-state index contributed by atoms with van der Waals surface area (Å²) in [5, 5.41) is 7.25. The second kappa shape index (κ2) is 9.46. The fourth-order valence-electron chi connectivity index (χ4n) is 4.08. The molecule has 1 aromatic carbocycles. The highest BCUT2D eigenvalue weighted by molar-refractivity contribution is 7.08. The van der Waals surface area contributed by atoms with Gasteiger partial charge in [0.2, 0.25) is 0 Å². The maximum Gasteiger partial charge on any atom is 0.135 e. The van der Waals surface area contributed by atoms with Gasteiger partial charge in [-0.3, -0.25) is 0 Å². The topological polar surface area (TPSA) is 89.1 Å². The smallest absolute Gasteiger partial charge is 0.135 e. The number of pyridine rings is 1. The van der Waals surface area contributed by atoms with Crippen molar-refractivity contribution in [1.82, 2.24) is 15.0 Å². The van der Waals surface area contributed by atoms with Crippen LogP contribution in [0, 0.1) is 0 Å². The number of anilines is 1. The van der Waals surface area contributed by atoms with E-state index in [1.165, 1.54) is 0 Å². The highest BCUT2D eigenvalue weighted by atomic mass is 32.1. The second-order valence-corrected chi connectivity index (χ2v) is 8.65. The zero-order valence-corrected chi connectivity index (χ0v) is 19.0. The molecular weight excluding hydrogens is 436 g/mol. The number of fused-ring (bicyclic) bond motifs is 1. The van der Waals surface area contributed by atoms with Crippen LogP contribution in [-0.4, -0.2) is 34.9 Å². The summed E-state index contributed by atoms with van der Waals surface area (Å²) in [6.07, 6.45) is 6.27. The van der Waals surface area contributed by atoms with Crippen LogP contribution >= 0.6 is 11.3 Å². The van der Waals surface area contributed by atoms with Crippen molar-refractivity contribution in [2.24, 2.45) is 0 Å². The molecule has 1 unspecified atom stereocenters. The molecule has 4 heterocycles. The van der Waals surface area contributed by atoms with Gasteiger partial charge in [-0.15, -0.1) is 0 Å². The monoisotopic (exact) mass is 460 g/mol. The lowest BCUT2D eigenvalue weighted by Crippen LogP contribution is -2.20. The van der Waals surface area contributed by atoms with Gasteiger partial charge in [0.05, 0.1) is 24.4 Å². The standard InChI is InChI=1S/C25H24N4O3S/c1-26-25-20(3-2-9-30)23(6-8-27-25)32-19-4-5-22-17(12-19)11-18(14-31-22)24-28-13-21(29-24)16-7-10-33-15-16/h4-10,12-13,15,18H,2-3,11,14H2,1H3,(H,26,27)(H,28,29). The summed E-state index contributed by atoms with van der Waals surface area (Å²) in [4.78, 5) is 23.3. The molecule has 0 bridgehead atoms. The SMILES string of the molecule is CNc1nccc(Oc2ccc3c(c2)CC(c2ncc(-c4ccsc4)[nH]2)CO3)c1CCC=O. The van der Waals surface area contributed by atoms with Crippen molar-refractivity contribution in [3.8, 4) is 28.5 Å². The largest absolute Gasteiger partial charge is 0.493 e. The Morgan fingerprint density at radius 1 is 1.30 bits per heavy atom. The van der Waals surface area contributed by atoms with Crippen molar-refractivity contribution in [3.63, 3.8) is 0 Å². The third kappa shape index (κ3) is 4.47. The summed E-state index contributed by atoms with van der Waals surface area (Å²) < 4.78 is 12.3. The Morgan fingerprint density at radius 3 is 3.06 bits per heavy atom. The van der Waals surface area contributed by atoms with Gasteiger partial charge >= 0.3 is 0 Å². The molecule has 0 radical (unpaired) electrons. The first-order valence-corrected chi connectivity index (χ1v) is 11.8. The molecule has 8 heteroatoms. The van der Waals surface area contributed by atoms with Crippen LogP contribution in [0.15, 0.2) is 53.5 Å². The van der Waals surface area contributed by atoms with E-state index in [2.05, 4.69) is 37.1 Å². The number of imidazole rings is 1. The van der Waals surface area contributed by atoms with E-state index in [1.807, 2.05) is 37.5 Å². The Labute approximate surface area is 195 Å². The molecule has 1 aliphatic heterocycles. The highest BCUT2D eigenvalue weighted by Crippen LogP contribution is 2.37. The van der Waals surface area contributed by atoms with Crippen LogP contribution in [0.5, 0.6) is 17.2 Å². The fraction of sp³-hybridized carbons (Fsp3) is 0.240. The number of aromatic nitrogens is 3. The van der Waals surface area contributed by atoms with E-state index < -0.39 is 0 Å². The van der Waals surface area contributed by atoms with Gasteiger partial charge in [0.25, 0.3) is 0 Å². The van der Waals surface area contributed by atoms with Crippen molar-refractivity contribution in [2.75, 3.05) is 19.0 Å². The molecule has 0 saturated heterocycles. The molecule has 33 heavy (non-hydrogen) atoms. The number of aromatic amines is 1. The average Bonchev–Trinajstić information content (AvgIpc) is 3.55. The van der Waals surface area contributed by atoms with Crippen molar-refractivity contribution in [3.05, 3.63) is 70.4 Å². The van der Waals surface area contributed by atoms with Crippen LogP contribution in [0.4, 0.5) is 5.82 Å². The Balaban J connectivity index is 1.36. The summed E-state index contributed by atoms with van der Waals surface area (Å²) in [6, 6.07) is 9.79. The minimum atomic E-state index is 0.139. The van der Waals surface area contributed by atoms with Gasteiger partial charge in [-0.1, -0.05) is 0 Å². The molecule has 0 amide bonds. The Morgan fingerprint density at radius 2 is 2.24 bits per heavy atom. The summed E-state index contributed by atoms with van der Waals surface area (Å²) in [5.74, 6) is 4.06. The predicted octanol–water partition coefficient (Wildman–Crippen LogP) is 5.22. The normalized spacial score (nSPS) is 14.9. The molecule has 1 aliphatic rings. The van der Waals surface area contributed by atoms with E-state index in [-0.39, 0.29) is 5.92 Å². The molecule has 0 saturated carbocycles. The number of hydrogen-bond donors (Lipinski definition) is 2. The predicted molar refractivity (Wildman–Crippen MR) is 129 cm³/mol. The number of hydrogen-bond acceptors (Lipinski definition) is 7. The number of carbonyl (C=O) groups excluding carboxylic acids is 1. The summed E-state index contributed by atoms with van der Waals surface area (Å²) in [5.41, 5.74) is 4.13. The van der Waals surface area contributed by atoms with E-state index in [0.717, 1.165) is 58.2 Å². The summed E-state index contributed by atoms with van der Waals surface area (Å²) in [6.45, 7) is 0.579. The van der Waals surface area contributed by atoms with Crippen molar-refractivity contribution < 1.29 is 14.3 Å². The molecule has 0 fully saturated rings. The lowest BCUT2D eigenvalue weighted by molar-refractivity contribution is -0.107. The number of rotatable bonds is 8. The number of H-pyrrole nitrogens is 1. The molecule has 3 aromatic heterocycles. The molecule has 168 valence electrons. The number of nitrogens with one attached hydrogen (secondary N) is 2. The Kier molecular flexibility index (Phi) is 6.08. The summed E-state index contributed by atoms with van der Waals surface area (Å²) in [7, 11) is 1.81. The first kappa shape index (κ1) is 21.2. The van der Waals surface area contributed by atoms with Gasteiger partial charge in [-0.25, -0.2) is 9.97 Å². The number of carbonyl (C=O) groups is 1. The number of ether oxygens (including phenoxy) is 2. The van der Waals surface area contributed by atoms with E-state index in [4.69, 9.17) is 9.47 Å². The number of nitrogens with zero attached hydrogens (tertiary/aromatic N) is 2. The first-order valence-electron chi connectivity index (χ1n) is 10.9. The first-order chi connectivity index (χ1) is 16.2. The molecule has 0 aliphatic carbocycles. The molecule has 5 rings (SSSR count). The van der Waals surface area contributed by atoms with E-state index in [9.17, 15) is 4.79 Å². The number of aldehydes is 1. The van der Waals surface area contributed by atoms with Crippen LogP contribution in [0.2, 0.25) is 0 Å². The third-order valence-corrected chi connectivity index (χ3v) is 6.43. The second-order valence-electron chi connectivity index (χ2n) is 7.87. The molecule has 0 spiro atoms. The maximum atomic E-state index is 10.9. The van der Waals surface area contributed by atoms with Crippen LogP contribution < -0.4 is 14.8 Å². The van der Waals surface area contributed by atoms with Gasteiger partial charge in [0, 0.05) is 36.2 Å². The van der Waals surface area contributed by atoms with E-state index in [0.29, 0.717) is 25.2 Å². The molecular formula is C25H24N4O3S. The zero-order chi connectivity index (χ0) is 22.6. The Hall–Kier alpha value is -3.65. The number of benzene rings is 1. The van der Waals surface area contributed by atoms with Crippen molar-refractivity contribution in [2.45, 2.75) is 25.2 Å². The van der Waals surface area contributed by atoms with Gasteiger partial charge < -0.3 is 24.6 Å². The van der Waals surface area contributed by atoms with Crippen molar-refractivity contribution >= 4 is 23.4 Å². The van der Waals surface area contributed by atoms with Crippen LogP contribution in [0.25, 0.3) is 11.3 Å². The number of thiophene rings is 1.